The monoisotopic (exact) mass is 234 g/mol. The van der Waals surface area contributed by atoms with Gasteiger partial charge in [0.1, 0.15) is 11.5 Å². The van der Waals surface area contributed by atoms with Gasteiger partial charge in [0.15, 0.2) is 0 Å². The Kier molecular flexibility index (Phi) is 4.29. The highest BCUT2D eigenvalue weighted by atomic mass is 16.5. The van der Waals surface area contributed by atoms with Gasteiger partial charge in [-0.05, 0) is 37.0 Å². The molecule has 0 aromatic heterocycles. The fraction of sp³-hybridized carbons (Fsp3) is 0.600. The van der Waals surface area contributed by atoms with Crippen molar-refractivity contribution < 1.29 is 9.47 Å². The molecule has 17 heavy (non-hydrogen) atoms. The van der Waals surface area contributed by atoms with Crippen LogP contribution >= 0.6 is 0 Å². The minimum absolute atomic E-state index is 0.641. The first-order chi connectivity index (χ1) is 8.35. The molecular weight excluding hydrogens is 212 g/mol. The molecule has 1 saturated carbocycles. The highest BCUT2D eigenvalue weighted by molar-refractivity contribution is 5.42. The number of benzene rings is 1. The maximum Gasteiger partial charge on any atom is 0.122 e. The lowest BCUT2D eigenvalue weighted by molar-refractivity contribution is 0.392. The smallest absolute Gasteiger partial charge is 0.122 e. The van der Waals surface area contributed by atoms with Crippen LogP contribution in [0.2, 0.25) is 0 Å². The van der Waals surface area contributed by atoms with E-state index >= 15 is 0 Å². The zero-order valence-corrected chi connectivity index (χ0v) is 10.9. The summed E-state index contributed by atoms with van der Waals surface area (Å²) in [6, 6.07) is 6.15. The average Bonchev–Trinajstić information content (AvgIpc) is 2.66. The van der Waals surface area contributed by atoms with Crippen molar-refractivity contribution in [1.29, 1.82) is 0 Å². The molecule has 0 unspecified atom stereocenters. The lowest BCUT2D eigenvalue weighted by Crippen LogP contribution is -2.01. The van der Waals surface area contributed by atoms with Crippen LogP contribution in [0.3, 0.4) is 0 Å². The van der Waals surface area contributed by atoms with Gasteiger partial charge in [-0.15, -0.1) is 0 Å². The Morgan fingerprint density at radius 1 is 0.941 bits per heavy atom. The first-order valence-electron chi connectivity index (χ1n) is 6.57. The third kappa shape index (κ3) is 2.93. The van der Waals surface area contributed by atoms with E-state index in [1.807, 2.05) is 12.1 Å². The normalized spacial score (nSPS) is 17.5. The van der Waals surface area contributed by atoms with Gasteiger partial charge in [-0.1, -0.05) is 25.7 Å². The summed E-state index contributed by atoms with van der Waals surface area (Å²) in [5.74, 6) is 2.59. The number of methoxy groups -OCH3 is 2. The Bertz CT molecular complexity index is 352. The third-order valence-electron chi connectivity index (χ3n) is 3.73. The van der Waals surface area contributed by atoms with Gasteiger partial charge < -0.3 is 9.47 Å². The maximum absolute atomic E-state index is 5.48. The molecule has 0 amide bonds. The molecule has 0 spiro atoms. The van der Waals surface area contributed by atoms with E-state index in [4.69, 9.17) is 9.47 Å². The molecule has 0 N–H and O–H groups in total. The minimum Gasteiger partial charge on any atom is -0.497 e. The fourth-order valence-electron chi connectivity index (χ4n) is 2.75. The van der Waals surface area contributed by atoms with Crippen molar-refractivity contribution in [2.24, 2.45) is 0 Å². The summed E-state index contributed by atoms with van der Waals surface area (Å²) in [6.07, 6.45) is 7.99. The largest absolute Gasteiger partial charge is 0.497 e. The van der Waals surface area contributed by atoms with Gasteiger partial charge in [0.05, 0.1) is 14.2 Å². The second kappa shape index (κ2) is 5.95. The van der Waals surface area contributed by atoms with Gasteiger partial charge in [-0.25, -0.2) is 0 Å². The molecule has 2 heteroatoms. The Morgan fingerprint density at radius 3 is 2.24 bits per heavy atom. The van der Waals surface area contributed by atoms with Crippen molar-refractivity contribution >= 4 is 0 Å². The van der Waals surface area contributed by atoms with Crippen molar-refractivity contribution in [1.82, 2.24) is 0 Å². The van der Waals surface area contributed by atoms with Crippen molar-refractivity contribution in [3.63, 3.8) is 0 Å². The summed E-state index contributed by atoms with van der Waals surface area (Å²) in [7, 11) is 3.47. The fourth-order valence-corrected chi connectivity index (χ4v) is 2.75. The van der Waals surface area contributed by atoms with E-state index in [-0.39, 0.29) is 0 Å². The molecule has 1 fully saturated rings. The lowest BCUT2D eigenvalue weighted by Gasteiger charge is -2.18. The summed E-state index contributed by atoms with van der Waals surface area (Å²) in [5, 5.41) is 0. The molecule has 1 aromatic rings. The maximum atomic E-state index is 5.48. The quantitative estimate of drug-likeness (QED) is 0.732. The second-order valence-corrected chi connectivity index (χ2v) is 4.80. The minimum atomic E-state index is 0.641. The Morgan fingerprint density at radius 2 is 1.65 bits per heavy atom. The zero-order valence-electron chi connectivity index (χ0n) is 10.9. The Balaban J connectivity index is 2.26. The first kappa shape index (κ1) is 12.3. The van der Waals surface area contributed by atoms with Crippen molar-refractivity contribution in [2.75, 3.05) is 14.2 Å². The second-order valence-electron chi connectivity index (χ2n) is 4.80. The van der Waals surface area contributed by atoms with Crippen molar-refractivity contribution in [3.8, 4) is 11.5 Å². The molecule has 0 aliphatic heterocycles. The van der Waals surface area contributed by atoms with Crippen LogP contribution in [-0.4, -0.2) is 14.2 Å². The summed E-state index contributed by atoms with van der Waals surface area (Å²) >= 11 is 0. The van der Waals surface area contributed by atoms with Crippen LogP contribution < -0.4 is 9.47 Å². The van der Waals surface area contributed by atoms with Gasteiger partial charge in [0.25, 0.3) is 0 Å². The molecule has 2 rings (SSSR count). The third-order valence-corrected chi connectivity index (χ3v) is 3.73. The predicted octanol–water partition coefficient (Wildman–Crippen LogP) is 4.14. The molecule has 2 nitrogen and oxygen atoms in total. The summed E-state index contributed by atoms with van der Waals surface area (Å²) in [5.41, 5.74) is 1.33. The first-order valence-corrected chi connectivity index (χ1v) is 6.57. The zero-order chi connectivity index (χ0) is 12.1. The number of ether oxygens (including phenoxy) is 2. The molecule has 0 bridgehead atoms. The topological polar surface area (TPSA) is 18.5 Å². The van der Waals surface area contributed by atoms with Gasteiger partial charge in [-0.3, -0.25) is 0 Å². The summed E-state index contributed by atoms with van der Waals surface area (Å²) in [6.45, 7) is 0. The van der Waals surface area contributed by atoms with E-state index in [9.17, 15) is 0 Å². The molecule has 0 saturated heterocycles. The standard InChI is InChI=1S/C15H22O2/c1-16-13-9-10-15(17-2)14(11-13)12-7-5-3-4-6-8-12/h9-12H,3-8H2,1-2H3. The van der Waals surface area contributed by atoms with Gasteiger partial charge in [-0.2, -0.15) is 0 Å². The van der Waals surface area contributed by atoms with Crippen molar-refractivity contribution in [2.45, 2.75) is 44.4 Å². The molecule has 0 heterocycles. The van der Waals surface area contributed by atoms with E-state index in [1.54, 1.807) is 14.2 Å². The van der Waals surface area contributed by atoms with Gasteiger partial charge in [0, 0.05) is 5.56 Å². The molecular formula is C15H22O2. The molecule has 1 aliphatic carbocycles. The molecule has 0 radical (unpaired) electrons. The molecule has 0 atom stereocenters. The lowest BCUT2D eigenvalue weighted by atomic mass is 9.91. The van der Waals surface area contributed by atoms with Crippen LogP contribution in [0.25, 0.3) is 0 Å². The average molecular weight is 234 g/mol. The van der Waals surface area contributed by atoms with Gasteiger partial charge in [0.2, 0.25) is 0 Å². The highest BCUT2D eigenvalue weighted by Gasteiger charge is 2.18. The van der Waals surface area contributed by atoms with Crippen LogP contribution in [0.5, 0.6) is 11.5 Å². The Labute approximate surface area is 104 Å². The predicted molar refractivity (Wildman–Crippen MR) is 70.0 cm³/mol. The van der Waals surface area contributed by atoms with E-state index in [0.717, 1.165) is 11.5 Å². The van der Waals surface area contributed by atoms with Crippen LogP contribution in [0, 0.1) is 0 Å². The van der Waals surface area contributed by atoms with Crippen molar-refractivity contribution in [3.05, 3.63) is 23.8 Å². The summed E-state index contributed by atoms with van der Waals surface area (Å²) < 4.78 is 10.8. The molecule has 1 aliphatic rings. The molecule has 94 valence electrons. The van der Waals surface area contributed by atoms with E-state index in [2.05, 4.69) is 6.07 Å². The summed E-state index contributed by atoms with van der Waals surface area (Å²) in [4.78, 5) is 0. The van der Waals surface area contributed by atoms with Crippen LogP contribution in [-0.2, 0) is 0 Å². The Hall–Kier alpha value is -1.18. The van der Waals surface area contributed by atoms with Crippen LogP contribution in [0.15, 0.2) is 18.2 Å². The SMILES string of the molecule is COc1ccc(OC)c(C2CCCCCC2)c1. The van der Waals surface area contributed by atoms with Crippen LogP contribution in [0.4, 0.5) is 0 Å². The van der Waals surface area contributed by atoms with E-state index < -0.39 is 0 Å². The number of hydrogen-bond donors (Lipinski definition) is 0. The van der Waals surface area contributed by atoms with E-state index in [0.29, 0.717) is 5.92 Å². The van der Waals surface area contributed by atoms with Crippen LogP contribution in [0.1, 0.15) is 50.0 Å². The molecule has 1 aromatic carbocycles. The number of hydrogen-bond acceptors (Lipinski definition) is 2. The highest BCUT2D eigenvalue weighted by Crippen LogP contribution is 2.38. The van der Waals surface area contributed by atoms with E-state index in [1.165, 1.54) is 44.1 Å². The van der Waals surface area contributed by atoms with Gasteiger partial charge >= 0.3 is 0 Å². The number of rotatable bonds is 3.